The summed E-state index contributed by atoms with van der Waals surface area (Å²) < 4.78 is 5.21. The van der Waals surface area contributed by atoms with Crippen molar-refractivity contribution in [3.63, 3.8) is 0 Å². The van der Waals surface area contributed by atoms with Crippen LogP contribution in [0.25, 0.3) is 0 Å². The Kier molecular flexibility index (Phi) is 2.53. The molecule has 74 valence electrons. The molecule has 1 aromatic carbocycles. The van der Waals surface area contributed by atoms with Crippen molar-refractivity contribution >= 4 is 24.2 Å². The number of aliphatic hydroxyl groups excluding tert-OH is 1. The molecule has 0 fully saturated rings. The normalized spacial score (nSPS) is 20.0. The number of aliphatic hydroxyl groups is 1. The van der Waals surface area contributed by atoms with Crippen LogP contribution in [0.4, 0.5) is 0 Å². The predicted molar refractivity (Wildman–Crippen MR) is 54.5 cm³/mol. The molecule has 0 bridgehead atoms. The largest absolute Gasteiger partial charge is 0.493 e. The molecule has 2 rings (SSSR count). The Labute approximate surface area is 87.4 Å². The molecule has 1 atom stereocenters. The third-order valence-corrected chi connectivity index (χ3v) is 2.81. The smallest absolute Gasteiger partial charge is 0.423 e. The molecular weight excluding hydrogens is 202 g/mol. The fourth-order valence-corrected chi connectivity index (χ4v) is 2.11. The number of benzene rings is 1. The van der Waals surface area contributed by atoms with E-state index >= 15 is 0 Å². The molecule has 0 aliphatic carbocycles. The van der Waals surface area contributed by atoms with Crippen molar-refractivity contribution in [1.29, 1.82) is 0 Å². The third kappa shape index (κ3) is 1.35. The molecule has 5 heteroatoms. The molecular formula is C9H10BClO3. The maximum absolute atomic E-state index is 9.56. The molecule has 0 saturated heterocycles. The van der Waals surface area contributed by atoms with E-state index in [0.29, 0.717) is 10.5 Å². The zero-order valence-corrected chi connectivity index (χ0v) is 8.45. The molecule has 0 radical (unpaired) electrons. The van der Waals surface area contributed by atoms with E-state index < -0.39 is 7.12 Å². The first-order chi connectivity index (χ1) is 6.65. The summed E-state index contributed by atoms with van der Waals surface area (Å²) in [6.07, 6.45) is -0.221. The fraction of sp³-hybridized carbons (Fsp3) is 0.333. The van der Waals surface area contributed by atoms with Gasteiger partial charge in [0, 0.05) is 10.5 Å². The van der Waals surface area contributed by atoms with Crippen LogP contribution in [0.5, 0.6) is 0 Å². The Balaban J connectivity index is 2.63. The zero-order valence-electron chi connectivity index (χ0n) is 7.70. The number of hydrogen-bond donors (Lipinski definition) is 2. The molecule has 1 aliphatic heterocycles. The summed E-state index contributed by atoms with van der Waals surface area (Å²) in [6, 6.07) is 3.41. The molecule has 3 nitrogen and oxygen atoms in total. The van der Waals surface area contributed by atoms with Gasteiger partial charge in [-0.3, -0.25) is 0 Å². The number of rotatable bonds is 1. The molecule has 1 unspecified atom stereocenters. The highest BCUT2D eigenvalue weighted by Gasteiger charge is 2.36. The van der Waals surface area contributed by atoms with Crippen LogP contribution < -0.4 is 5.46 Å². The van der Waals surface area contributed by atoms with Gasteiger partial charge >= 0.3 is 7.12 Å². The van der Waals surface area contributed by atoms with Crippen LogP contribution in [0.2, 0.25) is 5.02 Å². The van der Waals surface area contributed by atoms with Crippen LogP contribution in [0.1, 0.15) is 24.2 Å². The second-order valence-electron chi connectivity index (χ2n) is 3.32. The Bertz CT molecular complexity index is 369. The first-order valence-electron chi connectivity index (χ1n) is 4.40. The third-order valence-electron chi connectivity index (χ3n) is 2.48. The molecule has 14 heavy (non-hydrogen) atoms. The average molecular weight is 212 g/mol. The van der Waals surface area contributed by atoms with Crippen molar-refractivity contribution in [3.8, 4) is 0 Å². The van der Waals surface area contributed by atoms with Gasteiger partial charge in [-0.2, -0.15) is 0 Å². The summed E-state index contributed by atoms with van der Waals surface area (Å²) in [7, 11) is -0.973. The van der Waals surface area contributed by atoms with Gasteiger partial charge in [0.25, 0.3) is 0 Å². The van der Waals surface area contributed by atoms with Crippen molar-refractivity contribution < 1.29 is 14.8 Å². The van der Waals surface area contributed by atoms with Gasteiger partial charge in [-0.15, -0.1) is 0 Å². The monoisotopic (exact) mass is 212 g/mol. The zero-order chi connectivity index (χ0) is 10.3. The van der Waals surface area contributed by atoms with Crippen molar-refractivity contribution in [1.82, 2.24) is 0 Å². The predicted octanol–water partition coefficient (Wildman–Crippen LogP) is 0.611. The van der Waals surface area contributed by atoms with E-state index in [0.717, 1.165) is 11.1 Å². The molecule has 0 aromatic heterocycles. The minimum Gasteiger partial charge on any atom is -0.423 e. The van der Waals surface area contributed by atoms with Gasteiger partial charge in [-0.1, -0.05) is 17.7 Å². The van der Waals surface area contributed by atoms with Crippen LogP contribution in [0.3, 0.4) is 0 Å². The van der Waals surface area contributed by atoms with Crippen molar-refractivity contribution in [3.05, 3.63) is 28.3 Å². The SMILES string of the molecule is CC1OB(O)c2c(Cl)ccc(CO)c21. The quantitative estimate of drug-likeness (QED) is 0.671. The van der Waals surface area contributed by atoms with Crippen LogP contribution >= 0.6 is 11.6 Å². The summed E-state index contributed by atoms with van der Waals surface area (Å²) in [5.74, 6) is 0. The van der Waals surface area contributed by atoms with Gasteiger partial charge < -0.3 is 14.8 Å². The lowest BCUT2D eigenvalue weighted by Gasteiger charge is -2.09. The number of halogens is 1. The highest BCUT2D eigenvalue weighted by Crippen LogP contribution is 2.29. The molecule has 0 saturated carbocycles. The van der Waals surface area contributed by atoms with E-state index in [1.165, 1.54) is 0 Å². The van der Waals surface area contributed by atoms with Crippen molar-refractivity contribution in [2.45, 2.75) is 19.6 Å². The van der Waals surface area contributed by atoms with E-state index in [1.54, 1.807) is 12.1 Å². The maximum atomic E-state index is 9.56. The van der Waals surface area contributed by atoms with Gasteiger partial charge in [0.15, 0.2) is 0 Å². The summed E-state index contributed by atoms with van der Waals surface area (Å²) >= 11 is 5.94. The Morgan fingerprint density at radius 3 is 2.93 bits per heavy atom. The Hall–Kier alpha value is -0.545. The summed E-state index contributed by atoms with van der Waals surface area (Å²) in [5.41, 5.74) is 2.16. The van der Waals surface area contributed by atoms with E-state index in [1.807, 2.05) is 6.92 Å². The lowest BCUT2D eigenvalue weighted by Crippen LogP contribution is -2.29. The van der Waals surface area contributed by atoms with E-state index in [4.69, 9.17) is 21.4 Å². The van der Waals surface area contributed by atoms with E-state index in [-0.39, 0.29) is 12.7 Å². The average Bonchev–Trinajstić information content (AvgIpc) is 2.44. The topological polar surface area (TPSA) is 49.7 Å². The van der Waals surface area contributed by atoms with E-state index in [2.05, 4.69) is 0 Å². The molecule has 1 heterocycles. The van der Waals surface area contributed by atoms with Gasteiger partial charge in [-0.05, 0) is 24.1 Å². The van der Waals surface area contributed by atoms with Gasteiger partial charge in [0.1, 0.15) is 0 Å². The molecule has 0 amide bonds. The first-order valence-corrected chi connectivity index (χ1v) is 4.78. The molecule has 2 N–H and O–H groups in total. The maximum Gasteiger partial charge on any atom is 0.493 e. The highest BCUT2D eigenvalue weighted by atomic mass is 35.5. The second kappa shape index (κ2) is 3.55. The van der Waals surface area contributed by atoms with Gasteiger partial charge in [-0.25, -0.2) is 0 Å². The molecule has 1 aliphatic rings. The van der Waals surface area contributed by atoms with Crippen molar-refractivity contribution in [2.75, 3.05) is 0 Å². The number of hydrogen-bond acceptors (Lipinski definition) is 3. The standard InChI is InChI=1S/C9H10BClO3/c1-5-8-6(4-12)2-3-7(11)9(8)10(13)14-5/h2-3,5,12-13H,4H2,1H3. The van der Waals surface area contributed by atoms with Gasteiger partial charge in [0.05, 0.1) is 12.7 Å². The van der Waals surface area contributed by atoms with Crippen LogP contribution in [-0.2, 0) is 11.3 Å². The lowest BCUT2D eigenvalue weighted by atomic mass is 9.78. The summed E-state index contributed by atoms with van der Waals surface area (Å²) in [4.78, 5) is 0. The second-order valence-corrected chi connectivity index (χ2v) is 3.73. The van der Waals surface area contributed by atoms with Crippen molar-refractivity contribution in [2.24, 2.45) is 0 Å². The Morgan fingerprint density at radius 1 is 1.57 bits per heavy atom. The lowest BCUT2D eigenvalue weighted by molar-refractivity contribution is 0.204. The summed E-state index contributed by atoms with van der Waals surface area (Å²) in [6.45, 7) is 1.75. The Morgan fingerprint density at radius 2 is 2.29 bits per heavy atom. The van der Waals surface area contributed by atoms with Crippen LogP contribution in [0.15, 0.2) is 12.1 Å². The summed E-state index contributed by atoms with van der Waals surface area (Å²) in [5, 5.41) is 19.2. The first kappa shape index (κ1) is 9.99. The van der Waals surface area contributed by atoms with E-state index in [9.17, 15) is 5.02 Å². The minimum absolute atomic E-state index is 0.0695. The van der Waals surface area contributed by atoms with Crippen LogP contribution in [0, 0.1) is 0 Å². The van der Waals surface area contributed by atoms with Crippen LogP contribution in [-0.4, -0.2) is 17.2 Å². The number of fused-ring (bicyclic) bond motifs is 1. The molecule has 0 spiro atoms. The minimum atomic E-state index is -0.973. The molecule has 1 aromatic rings. The van der Waals surface area contributed by atoms with Gasteiger partial charge in [0.2, 0.25) is 0 Å². The highest BCUT2D eigenvalue weighted by molar-refractivity contribution is 6.65. The fourth-order valence-electron chi connectivity index (χ4n) is 1.85.